The largest absolute Gasteiger partial charge is 0.322 e. The van der Waals surface area contributed by atoms with Crippen LogP contribution >= 0.6 is 0 Å². The summed E-state index contributed by atoms with van der Waals surface area (Å²) >= 11 is 0. The van der Waals surface area contributed by atoms with Crippen LogP contribution in [0.15, 0.2) is 35.5 Å². The lowest BCUT2D eigenvalue weighted by Crippen LogP contribution is -2.32. The number of fused-ring (bicyclic) bond motifs is 2. The summed E-state index contributed by atoms with van der Waals surface area (Å²) < 4.78 is 27.6. The van der Waals surface area contributed by atoms with Gasteiger partial charge in [0.2, 0.25) is 0 Å². The van der Waals surface area contributed by atoms with Gasteiger partial charge in [0.1, 0.15) is 5.69 Å². The number of aryl methyl sites for hydroxylation is 1. The Morgan fingerprint density at radius 2 is 2.04 bits per heavy atom. The first-order chi connectivity index (χ1) is 12.9. The van der Waals surface area contributed by atoms with Crippen molar-refractivity contribution in [2.45, 2.75) is 44.4 Å². The van der Waals surface area contributed by atoms with Gasteiger partial charge in [-0.15, -0.1) is 0 Å². The van der Waals surface area contributed by atoms with Crippen molar-refractivity contribution in [1.29, 1.82) is 0 Å². The van der Waals surface area contributed by atoms with Crippen molar-refractivity contribution in [3.63, 3.8) is 0 Å². The van der Waals surface area contributed by atoms with E-state index in [0.29, 0.717) is 11.8 Å². The van der Waals surface area contributed by atoms with Gasteiger partial charge < -0.3 is 5.32 Å². The fourth-order valence-electron chi connectivity index (χ4n) is 5.79. The van der Waals surface area contributed by atoms with E-state index >= 15 is 0 Å². The van der Waals surface area contributed by atoms with Crippen LogP contribution < -0.4 is 5.32 Å². The molecule has 2 fully saturated rings. The molecule has 1 spiro atoms. The number of allylic oxidation sites excluding steroid dienone is 2. The van der Waals surface area contributed by atoms with Crippen LogP contribution in [0.2, 0.25) is 0 Å². The Hall–Kier alpha value is -2.50. The maximum absolute atomic E-state index is 13.2. The summed E-state index contributed by atoms with van der Waals surface area (Å²) in [4.78, 5) is 12.7. The summed E-state index contributed by atoms with van der Waals surface area (Å²) in [6, 6.07) is 5.98. The zero-order valence-electron chi connectivity index (χ0n) is 15.5. The molecule has 2 saturated carbocycles. The lowest BCUT2D eigenvalue weighted by Gasteiger charge is -2.40. The lowest BCUT2D eigenvalue weighted by atomic mass is 9.64. The van der Waals surface area contributed by atoms with Gasteiger partial charge in [-0.25, -0.2) is 8.78 Å². The van der Waals surface area contributed by atoms with E-state index in [2.05, 4.69) is 30.3 Å². The minimum Gasteiger partial charge on any atom is -0.322 e. The van der Waals surface area contributed by atoms with Crippen LogP contribution in [0.5, 0.6) is 0 Å². The topological polar surface area (TPSA) is 46.9 Å². The zero-order chi connectivity index (χ0) is 19.1. The van der Waals surface area contributed by atoms with E-state index in [1.807, 2.05) is 12.1 Å². The quantitative estimate of drug-likeness (QED) is 0.797. The van der Waals surface area contributed by atoms with Crippen LogP contribution in [-0.4, -0.2) is 15.7 Å². The molecule has 140 valence electrons. The smallest absolute Gasteiger partial charge is 0.282 e. The third-order valence-corrected chi connectivity index (χ3v) is 6.55. The number of benzene rings is 1. The average Bonchev–Trinajstić information content (AvgIpc) is 2.99. The minimum absolute atomic E-state index is 0.0696. The highest BCUT2D eigenvalue weighted by Gasteiger charge is 2.74. The van der Waals surface area contributed by atoms with Gasteiger partial charge >= 0.3 is 0 Å². The van der Waals surface area contributed by atoms with E-state index in [-0.39, 0.29) is 11.0 Å². The van der Waals surface area contributed by atoms with Crippen molar-refractivity contribution in [2.75, 3.05) is 5.32 Å². The molecule has 3 atom stereocenters. The third kappa shape index (κ3) is 1.96. The number of carbonyl (C=O) groups is 1. The van der Waals surface area contributed by atoms with Crippen LogP contribution in [-0.2, 0) is 12.5 Å². The number of rotatable bonds is 3. The second-order valence-electron chi connectivity index (χ2n) is 8.09. The van der Waals surface area contributed by atoms with Crippen molar-refractivity contribution < 1.29 is 13.6 Å². The summed E-state index contributed by atoms with van der Waals surface area (Å²) in [5.41, 5.74) is 5.87. The Bertz CT molecular complexity index is 1020. The monoisotopic (exact) mass is 369 g/mol. The van der Waals surface area contributed by atoms with E-state index in [1.165, 1.54) is 41.0 Å². The molecule has 3 aliphatic rings. The maximum Gasteiger partial charge on any atom is 0.282 e. The summed E-state index contributed by atoms with van der Waals surface area (Å²) in [5.74, 6) is 0.553. The highest BCUT2D eigenvalue weighted by molar-refractivity contribution is 6.06. The molecule has 1 aromatic carbocycles. The normalized spacial score (nSPS) is 27.0. The Kier molecular flexibility index (Phi) is 3.25. The van der Waals surface area contributed by atoms with Gasteiger partial charge in [-0.1, -0.05) is 23.3 Å². The number of hydrogen-bond acceptors (Lipinski definition) is 2. The summed E-state index contributed by atoms with van der Waals surface area (Å²) in [7, 11) is 1.54. The second kappa shape index (κ2) is 5.27. The number of aromatic nitrogens is 2. The standard InChI is InChI=1S/C21H21F2N3O/c1-10(2)17-14-8-7-13-16-12(21(13,14)17)5-4-6-15(16)24-20(27)11-9-26(3)25-18(11)19(22)23/h4-6,9,13-14,19H,7-8H2,1-3H3,(H,24,27). The molecule has 5 rings (SSSR count). The minimum atomic E-state index is -2.78. The number of nitrogens with zero attached hydrogens (tertiary/aromatic N) is 2. The number of hydrogen-bond donors (Lipinski definition) is 1. The molecule has 1 amide bonds. The maximum atomic E-state index is 13.2. The van der Waals surface area contributed by atoms with Crippen molar-refractivity contribution in [3.05, 3.63) is 57.9 Å². The molecule has 27 heavy (non-hydrogen) atoms. The van der Waals surface area contributed by atoms with Crippen LogP contribution in [0, 0.1) is 5.92 Å². The number of halogens is 2. The molecule has 1 N–H and O–H groups in total. The number of anilines is 1. The summed E-state index contributed by atoms with van der Waals surface area (Å²) in [5, 5.41) is 6.60. The fraction of sp³-hybridized carbons (Fsp3) is 0.429. The molecule has 0 bridgehead atoms. The van der Waals surface area contributed by atoms with Gasteiger partial charge in [0.25, 0.3) is 12.3 Å². The van der Waals surface area contributed by atoms with Crippen molar-refractivity contribution in [3.8, 4) is 0 Å². The van der Waals surface area contributed by atoms with Crippen LogP contribution in [0.1, 0.15) is 66.2 Å². The molecular weight excluding hydrogens is 348 g/mol. The molecule has 6 heteroatoms. The number of nitrogens with one attached hydrogen (secondary N) is 1. The Morgan fingerprint density at radius 3 is 2.70 bits per heavy atom. The molecule has 0 radical (unpaired) electrons. The predicted molar refractivity (Wildman–Crippen MR) is 98.1 cm³/mol. The number of alkyl halides is 2. The molecular formula is C21H21F2N3O. The summed E-state index contributed by atoms with van der Waals surface area (Å²) in [6.07, 6.45) is 0.875. The molecule has 1 aromatic heterocycles. The first-order valence-corrected chi connectivity index (χ1v) is 9.31. The van der Waals surface area contributed by atoms with Gasteiger partial charge in [0, 0.05) is 30.3 Å². The van der Waals surface area contributed by atoms with Gasteiger partial charge in [-0.3, -0.25) is 9.48 Å². The first kappa shape index (κ1) is 16.7. The van der Waals surface area contributed by atoms with Crippen LogP contribution in [0.3, 0.4) is 0 Å². The molecule has 1 heterocycles. The van der Waals surface area contributed by atoms with Crippen molar-refractivity contribution >= 4 is 11.6 Å². The molecule has 3 aliphatic carbocycles. The summed E-state index contributed by atoms with van der Waals surface area (Å²) in [6.45, 7) is 4.36. The Balaban J connectivity index is 1.50. The first-order valence-electron chi connectivity index (χ1n) is 9.31. The SMILES string of the molecule is CC(C)=C1C2CCC3c4c(NC(=O)c5cn(C)nc5C(F)F)cccc4C123. The van der Waals surface area contributed by atoms with E-state index in [9.17, 15) is 13.6 Å². The van der Waals surface area contributed by atoms with Crippen LogP contribution in [0.4, 0.5) is 14.5 Å². The highest BCUT2D eigenvalue weighted by atomic mass is 19.3. The second-order valence-corrected chi connectivity index (χ2v) is 8.09. The fourth-order valence-corrected chi connectivity index (χ4v) is 5.79. The molecule has 0 aliphatic heterocycles. The van der Waals surface area contributed by atoms with Gasteiger partial charge in [0.05, 0.1) is 5.56 Å². The van der Waals surface area contributed by atoms with Crippen LogP contribution in [0.25, 0.3) is 0 Å². The van der Waals surface area contributed by atoms with E-state index in [4.69, 9.17) is 0 Å². The van der Waals surface area contributed by atoms with Gasteiger partial charge in [0.15, 0.2) is 0 Å². The Morgan fingerprint density at radius 1 is 1.30 bits per heavy atom. The average molecular weight is 369 g/mol. The molecule has 4 nitrogen and oxygen atoms in total. The van der Waals surface area contributed by atoms with E-state index < -0.39 is 18.0 Å². The Labute approximate surface area is 156 Å². The van der Waals surface area contributed by atoms with Crippen molar-refractivity contribution in [1.82, 2.24) is 9.78 Å². The highest BCUT2D eigenvalue weighted by Crippen LogP contribution is 2.81. The predicted octanol–water partition coefficient (Wildman–Crippen LogP) is 4.71. The van der Waals surface area contributed by atoms with E-state index in [1.54, 1.807) is 5.57 Å². The van der Waals surface area contributed by atoms with Gasteiger partial charge in [-0.2, -0.15) is 5.10 Å². The molecule has 0 saturated heterocycles. The van der Waals surface area contributed by atoms with Crippen molar-refractivity contribution in [2.24, 2.45) is 13.0 Å². The number of carbonyl (C=O) groups excluding carboxylic acids is 1. The lowest BCUT2D eigenvalue weighted by molar-refractivity contribution is 0.101. The number of amides is 1. The third-order valence-electron chi connectivity index (χ3n) is 6.55. The molecule has 3 unspecified atom stereocenters. The molecule has 2 aromatic rings. The van der Waals surface area contributed by atoms with E-state index in [0.717, 1.165) is 12.1 Å². The van der Waals surface area contributed by atoms with Gasteiger partial charge in [-0.05, 0) is 49.8 Å². The zero-order valence-corrected chi connectivity index (χ0v) is 15.5.